The number of carboxylic acid groups (broad SMARTS) is 1. The molecular weight excluding hydrogens is 228 g/mol. The molecule has 1 aliphatic heterocycles. The first-order chi connectivity index (χ1) is 8.70. The van der Waals surface area contributed by atoms with E-state index in [4.69, 9.17) is 9.84 Å². The zero-order valence-electron chi connectivity index (χ0n) is 10.4. The fourth-order valence-corrected chi connectivity index (χ4v) is 3.07. The molecule has 1 N–H and O–H groups in total. The summed E-state index contributed by atoms with van der Waals surface area (Å²) in [6.45, 7) is 1.08. The summed E-state index contributed by atoms with van der Waals surface area (Å²) >= 11 is 0. The quantitative estimate of drug-likeness (QED) is 0.890. The van der Waals surface area contributed by atoms with Crippen LogP contribution in [0.25, 0.3) is 0 Å². The van der Waals surface area contributed by atoms with Crippen molar-refractivity contribution in [2.75, 3.05) is 13.2 Å². The Balaban J connectivity index is 1.93. The summed E-state index contributed by atoms with van der Waals surface area (Å²) in [4.78, 5) is 11.0. The second-order valence-corrected chi connectivity index (χ2v) is 5.53. The van der Waals surface area contributed by atoms with Crippen LogP contribution in [-0.4, -0.2) is 24.3 Å². The Hall–Kier alpha value is -1.35. The molecule has 0 aromatic heterocycles. The minimum atomic E-state index is -0.740. The van der Waals surface area contributed by atoms with Crippen molar-refractivity contribution in [2.45, 2.75) is 37.5 Å². The zero-order valence-corrected chi connectivity index (χ0v) is 10.4. The van der Waals surface area contributed by atoms with Gasteiger partial charge in [-0.2, -0.15) is 0 Å². The molecule has 0 bridgehead atoms. The van der Waals surface area contributed by atoms with Crippen LogP contribution in [0.1, 0.15) is 36.0 Å². The van der Waals surface area contributed by atoms with Crippen molar-refractivity contribution in [1.29, 1.82) is 0 Å². The van der Waals surface area contributed by atoms with Crippen LogP contribution in [-0.2, 0) is 27.8 Å². The van der Waals surface area contributed by atoms with Gasteiger partial charge in [-0.3, -0.25) is 4.79 Å². The van der Waals surface area contributed by atoms with Crippen LogP contribution in [0.3, 0.4) is 0 Å². The third kappa shape index (κ3) is 1.93. The Bertz CT molecular complexity index is 475. The lowest BCUT2D eigenvalue weighted by Crippen LogP contribution is -2.48. The van der Waals surface area contributed by atoms with Crippen molar-refractivity contribution in [1.82, 2.24) is 0 Å². The summed E-state index contributed by atoms with van der Waals surface area (Å²) in [5, 5.41) is 9.06. The molecule has 3 rings (SSSR count). The number of benzene rings is 1. The van der Waals surface area contributed by atoms with Gasteiger partial charge in [0.15, 0.2) is 0 Å². The lowest BCUT2D eigenvalue weighted by molar-refractivity contribution is -0.145. The molecule has 1 aromatic rings. The molecule has 3 heteroatoms. The maximum absolute atomic E-state index is 11.0. The molecule has 0 saturated carbocycles. The van der Waals surface area contributed by atoms with Gasteiger partial charge in [-0.05, 0) is 42.4 Å². The third-order valence-corrected chi connectivity index (χ3v) is 4.21. The van der Waals surface area contributed by atoms with Crippen LogP contribution < -0.4 is 0 Å². The van der Waals surface area contributed by atoms with Crippen molar-refractivity contribution in [3.05, 3.63) is 34.9 Å². The summed E-state index contributed by atoms with van der Waals surface area (Å²) in [6, 6.07) is 6.52. The minimum absolute atomic E-state index is 0.172. The summed E-state index contributed by atoms with van der Waals surface area (Å²) in [5.74, 6) is -0.740. The van der Waals surface area contributed by atoms with Crippen LogP contribution in [0.4, 0.5) is 0 Å². The molecule has 0 unspecified atom stereocenters. The molecule has 1 aromatic carbocycles. The fourth-order valence-electron chi connectivity index (χ4n) is 3.07. The number of aliphatic carboxylic acids is 1. The Labute approximate surface area is 107 Å². The number of aryl methyl sites for hydroxylation is 2. The number of carboxylic acids is 1. The summed E-state index contributed by atoms with van der Waals surface area (Å²) in [5.41, 5.74) is 3.72. The predicted octanol–water partition coefficient (Wildman–Crippen LogP) is 2.31. The number of ether oxygens (including phenoxy) is 1. The lowest BCUT2D eigenvalue weighted by Gasteiger charge is -2.41. The van der Waals surface area contributed by atoms with Gasteiger partial charge in [0.25, 0.3) is 0 Å². The molecule has 0 spiro atoms. The van der Waals surface area contributed by atoms with Gasteiger partial charge >= 0.3 is 5.97 Å². The average Bonchev–Trinajstić information content (AvgIpc) is 2.33. The highest BCUT2D eigenvalue weighted by Gasteiger charge is 2.42. The average molecular weight is 246 g/mol. The van der Waals surface area contributed by atoms with E-state index in [0.717, 1.165) is 18.4 Å². The molecule has 1 saturated heterocycles. The standard InChI is InChI=1S/C15H18O3/c16-14(17)8-15(9-18-10-15)13-6-5-11-3-1-2-4-12(11)7-13/h5-7H,1-4,8-10H2,(H,16,17). The second kappa shape index (κ2) is 4.39. The molecule has 1 heterocycles. The fraction of sp³-hybridized carbons (Fsp3) is 0.533. The molecule has 1 fully saturated rings. The van der Waals surface area contributed by atoms with Crippen molar-refractivity contribution in [2.24, 2.45) is 0 Å². The Kier molecular flexibility index (Phi) is 2.86. The van der Waals surface area contributed by atoms with Gasteiger partial charge in [-0.15, -0.1) is 0 Å². The molecule has 3 nitrogen and oxygen atoms in total. The van der Waals surface area contributed by atoms with Crippen molar-refractivity contribution in [3.63, 3.8) is 0 Å². The molecule has 96 valence electrons. The Morgan fingerprint density at radius 1 is 1.22 bits per heavy atom. The lowest BCUT2D eigenvalue weighted by atomic mass is 9.74. The molecule has 0 amide bonds. The van der Waals surface area contributed by atoms with Crippen LogP contribution in [0, 0.1) is 0 Å². The van der Waals surface area contributed by atoms with Gasteiger partial charge in [-0.25, -0.2) is 0 Å². The molecule has 0 atom stereocenters. The highest BCUT2D eigenvalue weighted by molar-refractivity contribution is 5.69. The highest BCUT2D eigenvalue weighted by atomic mass is 16.5. The summed E-state index contributed by atoms with van der Waals surface area (Å²) in [7, 11) is 0. The van der Waals surface area contributed by atoms with Gasteiger partial charge in [0.2, 0.25) is 0 Å². The van der Waals surface area contributed by atoms with Crippen molar-refractivity contribution >= 4 is 5.97 Å². The Morgan fingerprint density at radius 3 is 2.56 bits per heavy atom. The number of carbonyl (C=O) groups is 1. The molecule has 18 heavy (non-hydrogen) atoms. The van der Waals surface area contributed by atoms with Gasteiger partial charge in [0.1, 0.15) is 0 Å². The van der Waals surface area contributed by atoms with Crippen LogP contribution in [0.15, 0.2) is 18.2 Å². The van der Waals surface area contributed by atoms with E-state index in [1.54, 1.807) is 0 Å². The first-order valence-electron chi connectivity index (χ1n) is 6.61. The van der Waals surface area contributed by atoms with Gasteiger partial charge in [0.05, 0.1) is 25.0 Å². The Morgan fingerprint density at radius 2 is 1.94 bits per heavy atom. The third-order valence-electron chi connectivity index (χ3n) is 4.21. The number of hydrogen-bond acceptors (Lipinski definition) is 2. The number of fused-ring (bicyclic) bond motifs is 1. The van der Waals surface area contributed by atoms with E-state index in [1.165, 1.54) is 24.0 Å². The predicted molar refractivity (Wildman–Crippen MR) is 67.8 cm³/mol. The van der Waals surface area contributed by atoms with E-state index < -0.39 is 5.97 Å². The minimum Gasteiger partial charge on any atom is -0.481 e. The maximum Gasteiger partial charge on any atom is 0.304 e. The number of rotatable bonds is 3. The highest BCUT2D eigenvalue weighted by Crippen LogP contribution is 2.37. The van der Waals surface area contributed by atoms with E-state index in [1.807, 2.05) is 0 Å². The first kappa shape index (κ1) is 11.7. The molecule has 0 radical (unpaired) electrons. The molecule has 2 aliphatic rings. The maximum atomic E-state index is 11.0. The summed E-state index contributed by atoms with van der Waals surface area (Å²) < 4.78 is 5.27. The normalized spacial score (nSPS) is 20.9. The van der Waals surface area contributed by atoms with E-state index in [-0.39, 0.29) is 11.8 Å². The zero-order chi connectivity index (χ0) is 12.6. The molecule has 1 aliphatic carbocycles. The van der Waals surface area contributed by atoms with Crippen molar-refractivity contribution < 1.29 is 14.6 Å². The molecular formula is C15H18O3. The van der Waals surface area contributed by atoms with Crippen LogP contribution in [0.5, 0.6) is 0 Å². The van der Waals surface area contributed by atoms with E-state index in [9.17, 15) is 4.79 Å². The monoisotopic (exact) mass is 246 g/mol. The smallest absolute Gasteiger partial charge is 0.304 e. The van der Waals surface area contributed by atoms with Crippen molar-refractivity contribution in [3.8, 4) is 0 Å². The van der Waals surface area contributed by atoms with Gasteiger partial charge in [0, 0.05) is 0 Å². The van der Waals surface area contributed by atoms with Crippen LogP contribution >= 0.6 is 0 Å². The topological polar surface area (TPSA) is 46.5 Å². The van der Waals surface area contributed by atoms with Gasteiger partial charge < -0.3 is 9.84 Å². The summed E-state index contributed by atoms with van der Waals surface area (Å²) in [6.07, 6.45) is 4.99. The first-order valence-corrected chi connectivity index (χ1v) is 6.61. The van der Waals surface area contributed by atoms with E-state index >= 15 is 0 Å². The van der Waals surface area contributed by atoms with E-state index in [0.29, 0.717) is 13.2 Å². The SMILES string of the molecule is O=C(O)CC1(c2ccc3c(c2)CCCC3)COC1. The van der Waals surface area contributed by atoms with Gasteiger partial charge in [-0.1, -0.05) is 18.2 Å². The van der Waals surface area contributed by atoms with E-state index in [2.05, 4.69) is 18.2 Å². The second-order valence-electron chi connectivity index (χ2n) is 5.53. The van der Waals surface area contributed by atoms with Crippen LogP contribution in [0.2, 0.25) is 0 Å². The largest absolute Gasteiger partial charge is 0.481 e. The number of hydrogen-bond donors (Lipinski definition) is 1.